The van der Waals surface area contributed by atoms with E-state index in [0.29, 0.717) is 5.92 Å². The van der Waals surface area contributed by atoms with Gasteiger partial charge in [-0.25, -0.2) is 4.39 Å². The molecule has 1 fully saturated rings. The van der Waals surface area contributed by atoms with Crippen molar-refractivity contribution in [2.75, 3.05) is 13.1 Å². The van der Waals surface area contributed by atoms with Gasteiger partial charge in [0.2, 0.25) is 0 Å². The lowest BCUT2D eigenvalue weighted by molar-refractivity contribution is 0.293. The number of aryl methyl sites for hydroxylation is 1. The van der Waals surface area contributed by atoms with Crippen molar-refractivity contribution in [3.05, 3.63) is 52.2 Å². The zero-order valence-corrected chi connectivity index (χ0v) is 14.2. The largest absolute Gasteiger partial charge is 0.317 e. The van der Waals surface area contributed by atoms with Crippen molar-refractivity contribution >= 4 is 11.8 Å². The SMILES string of the molecule is CC1=CC=C(Sc2ccc(F)cc2C)C(C2CCNCC2)C1. The zero-order valence-electron chi connectivity index (χ0n) is 13.4. The molecule has 0 saturated carbocycles. The molecule has 22 heavy (non-hydrogen) atoms. The summed E-state index contributed by atoms with van der Waals surface area (Å²) in [6, 6.07) is 5.12. The second kappa shape index (κ2) is 7.01. The average molecular weight is 317 g/mol. The smallest absolute Gasteiger partial charge is 0.123 e. The Labute approximate surface area is 137 Å². The molecule has 1 atom stereocenters. The summed E-state index contributed by atoms with van der Waals surface area (Å²) >= 11 is 1.83. The molecule has 0 amide bonds. The predicted octanol–water partition coefficient (Wildman–Crippen LogP) is 5.08. The highest BCUT2D eigenvalue weighted by molar-refractivity contribution is 8.03. The van der Waals surface area contributed by atoms with Crippen molar-refractivity contribution in [2.45, 2.75) is 38.0 Å². The molecule has 118 valence electrons. The third-order valence-electron chi connectivity index (χ3n) is 4.76. The Hall–Kier alpha value is -1.06. The summed E-state index contributed by atoms with van der Waals surface area (Å²) < 4.78 is 13.3. The summed E-state index contributed by atoms with van der Waals surface area (Å²) in [5, 5.41) is 3.46. The Bertz CT molecular complexity index is 599. The first-order valence-corrected chi connectivity index (χ1v) is 8.97. The van der Waals surface area contributed by atoms with E-state index in [9.17, 15) is 4.39 Å². The average Bonchev–Trinajstić information content (AvgIpc) is 2.52. The van der Waals surface area contributed by atoms with Crippen molar-refractivity contribution in [3.63, 3.8) is 0 Å². The molecule has 3 rings (SSSR count). The predicted molar refractivity (Wildman–Crippen MR) is 92.5 cm³/mol. The molecule has 1 unspecified atom stereocenters. The minimum absolute atomic E-state index is 0.148. The summed E-state index contributed by atoms with van der Waals surface area (Å²) in [6.07, 6.45) is 8.23. The van der Waals surface area contributed by atoms with Gasteiger partial charge in [-0.1, -0.05) is 29.5 Å². The number of hydrogen-bond donors (Lipinski definition) is 1. The first kappa shape index (κ1) is 15.8. The molecule has 1 nitrogen and oxygen atoms in total. The maximum Gasteiger partial charge on any atom is 0.123 e. The van der Waals surface area contributed by atoms with Crippen LogP contribution in [0.25, 0.3) is 0 Å². The van der Waals surface area contributed by atoms with Gasteiger partial charge in [-0.05, 0) is 86.7 Å². The van der Waals surface area contributed by atoms with E-state index in [1.54, 1.807) is 12.1 Å². The lowest BCUT2D eigenvalue weighted by atomic mass is 9.79. The summed E-state index contributed by atoms with van der Waals surface area (Å²) in [4.78, 5) is 2.63. The molecule has 0 spiro atoms. The number of benzene rings is 1. The summed E-state index contributed by atoms with van der Waals surface area (Å²) in [7, 11) is 0. The third kappa shape index (κ3) is 3.64. The zero-order chi connectivity index (χ0) is 15.5. The van der Waals surface area contributed by atoms with Crippen molar-refractivity contribution in [2.24, 2.45) is 11.8 Å². The molecule has 1 heterocycles. The number of hydrogen-bond acceptors (Lipinski definition) is 2. The first-order valence-electron chi connectivity index (χ1n) is 8.15. The Kier molecular flexibility index (Phi) is 5.04. The fourth-order valence-corrected chi connectivity index (χ4v) is 4.65. The molecule has 3 heteroatoms. The number of halogens is 1. The summed E-state index contributed by atoms with van der Waals surface area (Å²) in [5.41, 5.74) is 2.50. The highest BCUT2D eigenvalue weighted by Gasteiger charge is 2.28. The van der Waals surface area contributed by atoms with Crippen LogP contribution in [0.5, 0.6) is 0 Å². The topological polar surface area (TPSA) is 12.0 Å². The number of nitrogens with one attached hydrogen (secondary N) is 1. The van der Waals surface area contributed by atoms with Crippen molar-refractivity contribution in [3.8, 4) is 0 Å². The molecule has 1 aromatic rings. The van der Waals surface area contributed by atoms with Crippen LogP contribution >= 0.6 is 11.8 Å². The van der Waals surface area contributed by atoms with E-state index in [4.69, 9.17) is 0 Å². The normalized spacial score (nSPS) is 23.1. The van der Waals surface area contributed by atoms with E-state index in [1.807, 2.05) is 24.8 Å². The van der Waals surface area contributed by atoms with Gasteiger partial charge in [-0.3, -0.25) is 0 Å². The molecule has 1 N–H and O–H groups in total. The number of rotatable bonds is 3. The van der Waals surface area contributed by atoms with Gasteiger partial charge in [-0.2, -0.15) is 0 Å². The van der Waals surface area contributed by atoms with Gasteiger partial charge in [0.05, 0.1) is 0 Å². The molecule has 2 aliphatic rings. The monoisotopic (exact) mass is 317 g/mol. The van der Waals surface area contributed by atoms with Crippen LogP contribution in [-0.4, -0.2) is 13.1 Å². The molecular formula is C19H24FNS. The Morgan fingerprint density at radius 1 is 1.14 bits per heavy atom. The quantitative estimate of drug-likeness (QED) is 0.834. The molecule has 1 aliphatic heterocycles. The van der Waals surface area contributed by atoms with E-state index in [1.165, 1.54) is 34.6 Å². The fourth-order valence-electron chi connectivity index (χ4n) is 3.47. The lowest BCUT2D eigenvalue weighted by Crippen LogP contribution is -2.32. The molecule has 0 radical (unpaired) electrons. The minimum atomic E-state index is -0.148. The molecule has 1 aromatic carbocycles. The fraction of sp³-hybridized carbons (Fsp3) is 0.474. The van der Waals surface area contributed by atoms with Crippen molar-refractivity contribution in [1.82, 2.24) is 5.32 Å². The Balaban J connectivity index is 1.81. The molecular weight excluding hydrogens is 293 g/mol. The van der Waals surface area contributed by atoms with Crippen LogP contribution in [0, 0.1) is 24.6 Å². The molecule has 0 bridgehead atoms. The van der Waals surface area contributed by atoms with Crippen LogP contribution in [-0.2, 0) is 0 Å². The number of piperidine rings is 1. The summed E-state index contributed by atoms with van der Waals surface area (Å²) in [5.74, 6) is 1.25. The maximum atomic E-state index is 13.3. The number of allylic oxidation sites excluding steroid dienone is 4. The van der Waals surface area contributed by atoms with E-state index in [-0.39, 0.29) is 5.82 Å². The van der Waals surface area contributed by atoms with E-state index in [0.717, 1.165) is 24.6 Å². The van der Waals surface area contributed by atoms with Crippen LogP contribution in [0.1, 0.15) is 31.7 Å². The van der Waals surface area contributed by atoms with Gasteiger partial charge >= 0.3 is 0 Å². The van der Waals surface area contributed by atoms with E-state index in [2.05, 4.69) is 24.4 Å². The van der Waals surface area contributed by atoms with Crippen LogP contribution in [0.4, 0.5) is 4.39 Å². The van der Waals surface area contributed by atoms with Crippen LogP contribution < -0.4 is 5.32 Å². The van der Waals surface area contributed by atoms with Gasteiger partial charge < -0.3 is 5.32 Å². The van der Waals surface area contributed by atoms with Crippen LogP contribution in [0.3, 0.4) is 0 Å². The standard InChI is InChI=1S/C19H24FNS/c1-13-3-5-19(17(11-13)15-7-9-21-10-8-15)22-18-6-4-16(20)12-14(18)2/h3-6,12,15,17,21H,7-11H2,1-2H3. The highest BCUT2D eigenvalue weighted by atomic mass is 32.2. The van der Waals surface area contributed by atoms with Gasteiger partial charge in [0, 0.05) is 4.90 Å². The van der Waals surface area contributed by atoms with Crippen LogP contribution in [0.15, 0.2) is 45.7 Å². The van der Waals surface area contributed by atoms with Gasteiger partial charge in [-0.15, -0.1) is 0 Å². The lowest BCUT2D eigenvalue weighted by Gasteiger charge is -2.34. The summed E-state index contributed by atoms with van der Waals surface area (Å²) in [6.45, 7) is 6.50. The highest BCUT2D eigenvalue weighted by Crippen LogP contribution is 2.44. The second-order valence-electron chi connectivity index (χ2n) is 6.49. The van der Waals surface area contributed by atoms with Gasteiger partial charge in [0.1, 0.15) is 5.82 Å². The third-order valence-corrected chi connectivity index (χ3v) is 6.11. The number of thioether (sulfide) groups is 1. The Morgan fingerprint density at radius 2 is 1.91 bits per heavy atom. The van der Waals surface area contributed by atoms with Gasteiger partial charge in [0.25, 0.3) is 0 Å². The molecule has 1 saturated heterocycles. The van der Waals surface area contributed by atoms with Crippen molar-refractivity contribution in [1.29, 1.82) is 0 Å². The Morgan fingerprint density at radius 3 is 2.64 bits per heavy atom. The van der Waals surface area contributed by atoms with E-state index >= 15 is 0 Å². The second-order valence-corrected chi connectivity index (χ2v) is 7.61. The minimum Gasteiger partial charge on any atom is -0.317 e. The molecule has 0 aromatic heterocycles. The van der Waals surface area contributed by atoms with Crippen molar-refractivity contribution < 1.29 is 4.39 Å². The first-order chi connectivity index (χ1) is 10.6. The van der Waals surface area contributed by atoms with Gasteiger partial charge in [0.15, 0.2) is 0 Å². The van der Waals surface area contributed by atoms with Crippen LogP contribution in [0.2, 0.25) is 0 Å². The van der Waals surface area contributed by atoms with E-state index < -0.39 is 0 Å². The molecule has 1 aliphatic carbocycles. The maximum absolute atomic E-state index is 13.3.